The van der Waals surface area contributed by atoms with Gasteiger partial charge in [-0.25, -0.2) is 12.7 Å². The Morgan fingerprint density at radius 3 is 2.63 bits per heavy atom. The summed E-state index contributed by atoms with van der Waals surface area (Å²) in [6, 6.07) is 0. The van der Waals surface area contributed by atoms with Gasteiger partial charge < -0.3 is 4.90 Å². The first-order valence-corrected chi connectivity index (χ1v) is 9.24. The third kappa shape index (κ3) is 3.06. The Balaban J connectivity index is 1.68. The third-order valence-electron chi connectivity index (χ3n) is 3.55. The molecule has 1 saturated heterocycles. The maximum Gasteiger partial charge on any atom is 0.211 e. The highest BCUT2D eigenvalue weighted by atomic mass is 32.2. The first kappa shape index (κ1) is 13.3. The average molecular weight is 302 g/mol. The largest absolute Gasteiger partial charge is 0.345 e. The molecule has 1 aromatic rings. The van der Waals surface area contributed by atoms with Crippen LogP contribution in [0.4, 0.5) is 5.13 Å². The molecule has 0 bridgehead atoms. The average Bonchev–Trinajstić information content (AvgIpc) is 3.12. The van der Waals surface area contributed by atoms with Crippen LogP contribution in [0.25, 0.3) is 0 Å². The lowest BCUT2D eigenvalue weighted by Crippen LogP contribution is -2.34. The number of sulfonamides is 1. The Hall–Kier alpha value is -0.730. The van der Waals surface area contributed by atoms with Crippen molar-refractivity contribution in [3.63, 3.8) is 0 Å². The van der Waals surface area contributed by atoms with Gasteiger partial charge in [0, 0.05) is 32.1 Å². The summed E-state index contributed by atoms with van der Waals surface area (Å²) in [7, 11) is -3.08. The van der Waals surface area contributed by atoms with Crippen LogP contribution in [-0.4, -0.2) is 55.4 Å². The van der Waals surface area contributed by atoms with Crippen LogP contribution in [-0.2, 0) is 10.0 Å². The SMILES string of the molecule is CS(=O)(=O)N1CCCN(c2nnc(C3CC3)s2)CC1. The van der Waals surface area contributed by atoms with E-state index in [9.17, 15) is 8.42 Å². The molecular weight excluding hydrogens is 284 g/mol. The van der Waals surface area contributed by atoms with Gasteiger partial charge in [-0.15, -0.1) is 10.2 Å². The summed E-state index contributed by atoms with van der Waals surface area (Å²) in [5.41, 5.74) is 0. The van der Waals surface area contributed by atoms with Gasteiger partial charge in [0.1, 0.15) is 5.01 Å². The molecule has 2 heterocycles. The van der Waals surface area contributed by atoms with Gasteiger partial charge in [-0.3, -0.25) is 0 Å². The van der Waals surface area contributed by atoms with Crippen LogP contribution in [0.2, 0.25) is 0 Å². The van der Waals surface area contributed by atoms with E-state index >= 15 is 0 Å². The summed E-state index contributed by atoms with van der Waals surface area (Å²) in [6.45, 7) is 2.69. The number of nitrogens with zero attached hydrogens (tertiary/aromatic N) is 4. The Bertz CT molecular complexity index is 553. The van der Waals surface area contributed by atoms with Gasteiger partial charge in [-0.2, -0.15) is 0 Å². The first-order chi connectivity index (χ1) is 9.04. The molecule has 3 rings (SSSR count). The van der Waals surface area contributed by atoms with Crippen LogP contribution in [0, 0.1) is 0 Å². The minimum absolute atomic E-state index is 0.539. The van der Waals surface area contributed by atoms with Crippen LogP contribution >= 0.6 is 11.3 Å². The standard InChI is InChI=1S/C11H18N4O2S2/c1-19(16,17)15-6-2-5-14(7-8-15)11-13-12-10(18-11)9-3-4-9/h9H,2-8H2,1H3. The number of hydrogen-bond acceptors (Lipinski definition) is 6. The molecule has 1 aliphatic carbocycles. The summed E-state index contributed by atoms with van der Waals surface area (Å²) >= 11 is 1.66. The van der Waals surface area contributed by atoms with Crippen molar-refractivity contribution in [2.75, 3.05) is 37.3 Å². The molecule has 1 aliphatic heterocycles. The van der Waals surface area contributed by atoms with E-state index in [2.05, 4.69) is 15.1 Å². The van der Waals surface area contributed by atoms with Crippen molar-refractivity contribution in [3.8, 4) is 0 Å². The van der Waals surface area contributed by atoms with E-state index in [0.717, 1.165) is 23.1 Å². The van der Waals surface area contributed by atoms with E-state index in [-0.39, 0.29) is 0 Å². The molecule has 0 amide bonds. The van der Waals surface area contributed by atoms with E-state index in [0.29, 0.717) is 25.6 Å². The minimum atomic E-state index is -3.08. The van der Waals surface area contributed by atoms with Gasteiger partial charge in [0.05, 0.1) is 6.26 Å². The lowest BCUT2D eigenvalue weighted by molar-refractivity contribution is 0.437. The molecule has 0 atom stereocenters. The van der Waals surface area contributed by atoms with Crippen molar-refractivity contribution in [1.29, 1.82) is 0 Å². The van der Waals surface area contributed by atoms with Crippen LogP contribution < -0.4 is 4.90 Å². The number of anilines is 1. The zero-order chi connectivity index (χ0) is 13.5. The van der Waals surface area contributed by atoms with Crippen LogP contribution in [0.1, 0.15) is 30.2 Å². The van der Waals surface area contributed by atoms with E-state index in [1.165, 1.54) is 19.1 Å². The van der Waals surface area contributed by atoms with Crippen LogP contribution in [0.15, 0.2) is 0 Å². The van der Waals surface area contributed by atoms with Gasteiger partial charge >= 0.3 is 0 Å². The molecular formula is C11H18N4O2S2. The maximum atomic E-state index is 11.6. The minimum Gasteiger partial charge on any atom is -0.345 e. The van der Waals surface area contributed by atoms with Gasteiger partial charge in [0.25, 0.3) is 0 Å². The monoisotopic (exact) mass is 302 g/mol. The molecule has 0 aromatic carbocycles. The van der Waals surface area contributed by atoms with Gasteiger partial charge in [0.15, 0.2) is 0 Å². The van der Waals surface area contributed by atoms with E-state index in [1.807, 2.05) is 0 Å². The highest BCUT2D eigenvalue weighted by Gasteiger charge is 2.29. The molecule has 106 valence electrons. The summed E-state index contributed by atoms with van der Waals surface area (Å²) in [4.78, 5) is 2.16. The predicted molar refractivity (Wildman–Crippen MR) is 75.1 cm³/mol. The fraction of sp³-hybridized carbons (Fsp3) is 0.818. The normalized spacial score (nSPS) is 22.5. The fourth-order valence-electron chi connectivity index (χ4n) is 2.27. The second-order valence-electron chi connectivity index (χ2n) is 5.20. The Kier molecular flexibility index (Phi) is 3.48. The van der Waals surface area contributed by atoms with Crippen molar-refractivity contribution >= 4 is 26.5 Å². The Labute approximate surface area is 117 Å². The molecule has 1 saturated carbocycles. The van der Waals surface area contributed by atoms with E-state index in [1.54, 1.807) is 15.6 Å². The lowest BCUT2D eigenvalue weighted by atomic mass is 10.4. The van der Waals surface area contributed by atoms with Crippen molar-refractivity contribution in [2.45, 2.75) is 25.2 Å². The molecule has 0 N–H and O–H groups in total. The van der Waals surface area contributed by atoms with Gasteiger partial charge in [-0.1, -0.05) is 11.3 Å². The smallest absolute Gasteiger partial charge is 0.211 e. The highest BCUT2D eigenvalue weighted by molar-refractivity contribution is 7.88. The Morgan fingerprint density at radius 1 is 1.16 bits per heavy atom. The van der Waals surface area contributed by atoms with Crippen LogP contribution in [0.5, 0.6) is 0 Å². The fourth-order valence-corrected chi connectivity index (χ4v) is 4.20. The quantitative estimate of drug-likeness (QED) is 0.829. The van der Waals surface area contributed by atoms with E-state index in [4.69, 9.17) is 0 Å². The second kappa shape index (κ2) is 4.99. The second-order valence-corrected chi connectivity index (χ2v) is 8.17. The van der Waals surface area contributed by atoms with Crippen LogP contribution in [0.3, 0.4) is 0 Å². The van der Waals surface area contributed by atoms with Gasteiger partial charge in [-0.05, 0) is 19.3 Å². The summed E-state index contributed by atoms with van der Waals surface area (Å²) in [6.07, 6.45) is 4.58. The topological polar surface area (TPSA) is 66.4 Å². The number of aromatic nitrogens is 2. The molecule has 2 aliphatic rings. The zero-order valence-electron chi connectivity index (χ0n) is 10.9. The molecule has 1 aromatic heterocycles. The molecule has 0 spiro atoms. The molecule has 19 heavy (non-hydrogen) atoms. The summed E-state index contributed by atoms with van der Waals surface area (Å²) in [5.74, 6) is 0.630. The summed E-state index contributed by atoms with van der Waals surface area (Å²) in [5, 5.41) is 10.6. The number of hydrogen-bond donors (Lipinski definition) is 0. The molecule has 8 heteroatoms. The van der Waals surface area contributed by atoms with Gasteiger partial charge in [0.2, 0.25) is 15.2 Å². The Morgan fingerprint density at radius 2 is 1.95 bits per heavy atom. The van der Waals surface area contributed by atoms with Crippen molar-refractivity contribution in [3.05, 3.63) is 5.01 Å². The highest BCUT2D eigenvalue weighted by Crippen LogP contribution is 2.42. The molecule has 2 fully saturated rings. The molecule has 0 unspecified atom stereocenters. The first-order valence-electron chi connectivity index (χ1n) is 6.57. The third-order valence-corrected chi connectivity index (χ3v) is 6.00. The summed E-state index contributed by atoms with van der Waals surface area (Å²) < 4.78 is 24.7. The van der Waals surface area contributed by atoms with Crippen molar-refractivity contribution in [1.82, 2.24) is 14.5 Å². The maximum absolute atomic E-state index is 11.6. The predicted octanol–water partition coefficient (Wildman–Crippen LogP) is 0.887. The van der Waals surface area contributed by atoms with Crippen molar-refractivity contribution in [2.24, 2.45) is 0 Å². The van der Waals surface area contributed by atoms with E-state index < -0.39 is 10.0 Å². The molecule has 6 nitrogen and oxygen atoms in total. The lowest BCUT2D eigenvalue weighted by Gasteiger charge is -2.19. The number of rotatable bonds is 3. The zero-order valence-corrected chi connectivity index (χ0v) is 12.6. The van der Waals surface area contributed by atoms with Crippen molar-refractivity contribution < 1.29 is 8.42 Å². The molecule has 0 radical (unpaired) electrons.